The monoisotopic (exact) mass is 389 g/mol. The van der Waals surface area contributed by atoms with Gasteiger partial charge in [0.15, 0.2) is 0 Å². The molecule has 2 unspecified atom stereocenters. The first-order valence-electron chi connectivity index (χ1n) is 6.56. The molecule has 2 atom stereocenters. The van der Waals surface area contributed by atoms with Crippen molar-refractivity contribution in [1.82, 2.24) is 5.32 Å². The number of halogens is 3. The van der Waals surface area contributed by atoms with Crippen LogP contribution in [-0.4, -0.2) is 13.1 Å². The van der Waals surface area contributed by atoms with Gasteiger partial charge in [-0.05, 0) is 46.6 Å². The van der Waals surface area contributed by atoms with Gasteiger partial charge in [-0.3, -0.25) is 0 Å². The fourth-order valence-electron chi connectivity index (χ4n) is 2.85. The summed E-state index contributed by atoms with van der Waals surface area (Å²) in [6, 6.07) is 10.3. The molecule has 3 rings (SSSR count). The fraction of sp³-hybridized carbons (Fsp3) is 0.333. The molecule has 0 bridgehead atoms. The normalized spacial score (nSPS) is 22.9. The van der Waals surface area contributed by atoms with Crippen molar-refractivity contribution >= 4 is 50.5 Å². The van der Waals surface area contributed by atoms with E-state index in [1.54, 1.807) is 11.3 Å². The SMILES string of the molecule is Clc1ccccc1C1CNCCC1c1cc(Br)c(Cl)s1. The molecule has 1 aromatic heterocycles. The summed E-state index contributed by atoms with van der Waals surface area (Å²) >= 11 is 17.8. The standard InChI is InChI=1S/C15H14BrCl2NS/c16-12-7-14(20-15(12)18)10-5-6-19-8-11(10)9-3-1-2-4-13(9)17/h1-4,7,10-11,19H,5-6,8H2. The van der Waals surface area contributed by atoms with E-state index in [0.717, 1.165) is 33.3 Å². The van der Waals surface area contributed by atoms with Gasteiger partial charge in [0.05, 0.1) is 0 Å². The third-order valence-corrected chi connectivity index (χ3v) is 6.77. The Bertz CT molecular complexity index is 594. The lowest BCUT2D eigenvalue weighted by atomic mass is 9.80. The zero-order valence-corrected chi connectivity index (χ0v) is 14.6. The zero-order valence-electron chi connectivity index (χ0n) is 10.7. The lowest BCUT2D eigenvalue weighted by molar-refractivity contribution is 0.408. The van der Waals surface area contributed by atoms with Gasteiger partial charge in [-0.1, -0.05) is 41.4 Å². The number of hydrogen-bond donors (Lipinski definition) is 1. The molecule has 5 heteroatoms. The molecule has 1 nitrogen and oxygen atoms in total. The minimum atomic E-state index is 0.402. The topological polar surface area (TPSA) is 12.0 Å². The second-order valence-electron chi connectivity index (χ2n) is 5.00. The third kappa shape index (κ3) is 2.93. The van der Waals surface area contributed by atoms with Crippen molar-refractivity contribution in [2.45, 2.75) is 18.3 Å². The Labute approximate surface area is 141 Å². The van der Waals surface area contributed by atoms with Gasteiger partial charge in [-0.15, -0.1) is 11.3 Å². The minimum absolute atomic E-state index is 0.402. The van der Waals surface area contributed by atoms with Crippen LogP contribution in [0, 0.1) is 0 Å². The third-order valence-electron chi connectivity index (χ3n) is 3.82. The van der Waals surface area contributed by atoms with E-state index in [0.29, 0.717) is 11.8 Å². The molecule has 0 spiro atoms. The van der Waals surface area contributed by atoms with Crippen molar-refractivity contribution in [3.8, 4) is 0 Å². The lowest BCUT2D eigenvalue weighted by Gasteiger charge is -2.32. The van der Waals surface area contributed by atoms with E-state index in [1.807, 2.05) is 12.1 Å². The van der Waals surface area contributed by atoms with Crippen LogP contribution in [-0.2, 0) is 0 Å². The molecule has 1 aromatic carbocycles. The van der Waals surface area contributed by atoms with Crippen LogP contribution in [0.1, 0.15) is 28.7 Å². The molecule has 1 fully saturated rings. The molecular formula is C15H14BrCl2NS. The largest absolute Gasteiger partial charge is 0.316 e. The maximum atomic E-state index is 6.39. The first-order chi connectivity index (χ1) is 9.66. The highest BCUT2D eigenvalue weighted by Crippen LogP contribution is 2.45. The molecule has 1 aliphatic heterocycles. The average Bonchev–Trinajstić information content (AvgIpc) is 2.79. The highest BCUT2D eigenvalue weighted by atomic mass is 79.9. The first-order valence-corrected chi connectivity index (χ1v) is 8.93. The summed E-state index contributed by atoms with van der Waals surface area (Å²) < 4.78 is 1.83. The van der Waals surface area contributed by atoms with Crippen LogP contribution in [0.2, 0.25) is 9.36 Å². The Balaban J connectivity index is 1.97. The van der Waals surface area contributed by atoms with Crippen LogP contribution in [0.4, 0.5) is 0 Å². The summed E-state index contributed by atoms with van der Waals surface area (Å²) in [5.41, 5.74) is 1.23. The van der Waals surface area contributed by atoms with E-state index in [-0.39, 0.29) is 0 Å². The van der Waals surface area contributed by atoms with Gasteiger partial charge in [-0.25, -0.2) is 0 Å². The Morgan fingerprint density at radius 3 is 2.70 bits per heavy atom. The van der Waals surface area contributed by atoms with Gasteiger partial charge in [0.25, 0.3) is 0 Å². The van der Waals surface area contributed by atoms with E-state index >= 15 is 0 Å². The number of hydrogen-bond acceptors (Lipinski definition) is 2. The number of benzene rings is 1. The predicted octanol–water partition coefficient (Wildman–Crippen LogP) is 5.68. The maximum absolute atomic E-state index is 6.39. The maximum Gasteiger partial charge on any atom is 0.107 e. The minimum Gasteiger partial charge on any atom is -0.316 e. The molecule has 0 amide bonds. The second kappa shape index (κ2) is 6.37. The molecular weight excluding hydrogens is 377 g/mol. The van der Waals surface area contributed by atoms with Crippen LogP contribution in [0.15, 0.2) is 34.8 Å². The van der Waals surface area contributed by atoms with Gasteiger partial charge in [-0.2, -0.15) is 0 Å². The molecule has 0 saturated carbocycles. The van der Waals surface area contributed by atoms with Crippen molar-refractivity contribution in [3.63, 3.8) is 0 Å². The van der Waals surface area contributed by atoms with Gasteiger partial charge >= 0.3 is 0 Å². The zero-order chi connectivity index (χ0) is 14.1. The summed E-state index contributed by atoms with van der Waals surface area (Å²) in [5.74, 6) is 0.879. The van der Waals surface area contributed by atoms with Crippen molar-refractivity contribution in [1.29, 1.82) is 0 Å². The van der Waals surface area contributed by atoms with Crippen molar-refractivity contribution in [2.75, 3.05) is 13.1 Å². The predicted molar refractivity (Wildman–Crippen MR) is 91.4 cm³/mol. The van der Waals surface area contributed by atoms with Crippen molar-refractivity contribution in [3.05, 3.63) is 54.6 Å². The number of nitrogens with one attached hydrogen (secondary N) is 1. The molecule has 1 saturated heterocycles. The highest BCUT2D eigenvalue weighted by Gasteiger charge is 2.30. The second-order valence-corrected chi connectivity index (χ2v) is 7.95. The Kier molecular flexibility index (Phi) is 4.73. The molecule has 2 aromatic rings. The Morgan fingerprint density at radius 2 is 2.00 bits per heavy atom. The summed E-state index contributed by atoms with van der Waals surface area (Å²) in [6.07, 6.45) is 1.11. The molecule has 1 N–H and O–H groups in total. The van der Waals surface area contributed by atoms with Crippen LogP contribution >= 0.6 is 50.5 Å². The molecule has 0 radical (unpaired) electrons. The Morgan fingerprint density at radius 1 is 1.20 bits per heavy atom. The van der Waals surface area contributed by atoms with E-state index in [9.17, 15) is 0 Å². The fourth-order valence-corrected chi connectivity index (χ4v) is 5.06. The smallest absolute Gasteiger partial charge is 0.107 e. The van der Waals surface area contributed by atoms with Crippen LogP contribution in [0.25, 0.3) is 0 Å². The molecule has 20 heavy (non-hydrogen) atoms. The van der Waals surface area contributed by atoms with Crippen molar-refractivity contribution in [2.24, 2.45) is 0 Å². The summed E-state index contributed by atoms with van der Waals surface area (Å²) in [4.78, 5) is 1.34. The van der Waals surface area contributed by atoms with E-state index in [2.05, 4.69) is 39.4 Å². The highest BCUT2D eigenvalue weighted by molar-refractivity contribution is 9.10. The van der Waals surface area contributed by atoms with E-state index < -0.39 is 0 Å². The number of piperidine rings is 1. The van der Waals surface area contributed by atoms with Crippen LogP contribution in [0.3, 0.4) is 0 Å². The van der Waals surface area contributed by atoms with E-state index in [1.165, 1.54) is 10.4 Å². The lowest BCUT2D eigenvalue weighted by Crippen LogP contribution is -2.33. The van der Waals surface area contributed by atoms with E-state index in [4.69, 9.17) is 23.2 Å². The molecule has 2 heterocycles. The van der Waals surface area contributed by atoms with Gasteiger partial charge in [0.2, 0.25) is 0 Å². The summed E-state index contributed by atoms with van der Waals surface area (Å²) in [7, 11) is 0. The first kappa shape index (κ1) is 14.9. The average molecular weight is 391 g/mol. The van der Waals surface area contributed by atoms with Gasteiger partial charge in [0.1, 0.15) is 4.34 Å². The number of thiophene rings is 1. The van der Waals surface area contributed by atoms with Gasteiger partial charge < -0.3 is 5.32 Å². The summed E-state index contributed by atoms with van der Waals surface area (Å²) in [5, 5.41) is 4.34. The van der Waals surface area contributed by atoms with Crippen LogP contribution < -0.4 is 5.32 Å². The molecule has 0 aliphatic carbocycles. The Hall–Kier alpha value is -0.0600. The van der Waals surface area contributed by atoms with Crippen molar-refractivity contribution < 1.29 is 0 Å². The quantitative estimate of drug-likeness (QED) is 0.695. The summed E-state index contributed by atoms with van der Waals surface area (Å²) in [6.45, 7) is 2.00. The molecule has 106 valence electrons. The molecule has 1 aliphatic rings. The number of rotatable bonds is 2. The van der Waals surface area contributed by atoms with Crippen LogP contribution in [0.5, 0.6) is 0 Å². The van der Waals surface area contributed by atoms with Gasteiger partial charge in [0, 0.05) is 32.8 Å².